The van der Waals surface area contributed by atoms with E-state index in [2.05, 4.69) is 21.2 Å². The Morgan fingerprint density at radius 3 is 2.64 bits per heavy atom. The second-order valence-electron chi connectivity index (χ2n) is 6.13. The molecule has 1 aromatic rings. The Morgan fingerprint density at radius 2 is 2.05 bits per heavy atom. The average molecular weight is 298 g/mol. The van der Waals surface area contributed by atoms with Crippen LogP contribution >= 0.6 is 0 Å². The highest BCUT2D eigenvalue weighted by Crippen LogP contribution is 2.30. The molecule has 0 bridgehead atoms. The molecule has 1 aromatic carbocycles. The zero-order chi connectivity index (χ0) is 15.5. The van der Waals surface area contributed by atoms with E-state index in [-0.39, 0.29) is 11.9 Å². The summed E-state index contributed by atoms with van der Waals surface area (Å²) in [7, 11) is 1.64. The zero-order valence-corrected chi connectivity index (χ0v) is 13.0. The number of nitriles is 1. The zero-order valence-electron chi connectivity index (χ0n) is 13.0. The lowest BCUT2D eigenvalue weighted by Crippen LogP contribution is -2.52. The molecule has 2 fully saturated rings. The Labute approximate surface area is 131 Å². The number of rotatable bonds is 4. The van der Waals surface area contributed by atoms with Crippen molar-refractivity contribution < 1.29 is 4.79 Å². The minimum Gasteiger partial charge on any atom is -0.355 e. The molecular weight excluding hydrogens is 276 g/mol. The Balaban J connectivity index is 1.59. The first-order chi connectivity index (χ1) is 10.7. The van der Waals surface area contributed by atoms with Crippen LogP contribution in [-0.4, -0.2) is 54.5 Å². The molecule has 1 unspecified atom stereocenters. The van der Waals surface area contributed by atoms with Gasteiger partial charge in [0.15, 0.2) is 0 Å². The van der Waals surface area contributed by atoms with Crippen molar-refractivity contribution >= 4 is 5.91 Å². The predicted molar refractivity (Wildman–Crippen MR) is 84.2 cm³/mol. The van der Waals surface area contributed by atoms with Gasteiger partial charge in [0.2, 0.25) is 0 Å². The van der Waals surface area contributed by atoms with Crippen molar-refractivity contribution in [2.24, 2.45) is 0 Å². The number of carbonyl (C=O) groups is 1. The first-order valence-corrected chi connectivity index (χ1v) is 7.90. The summed E-state index contributed by atoms with van der Waals surface area (Å²) in [4.78, 5) is 16.2. The third kappa shape index (κ3) is 3.29. The summed E-state index contributed by atoms with van der Waals surface area (Å²) in [5, 5.41) is 12.0. The van der Waals surface area contributed by atoms with E-state index in [1.165, 1.54) is 18.4 Å². The lowest BCUT2D eigenvalue weighted by molar-refractivity contribution is 0.0897. The highest BCUT2D eigenvalue weighted by Gasteiger charge is 2.37. The minimum atomic E-state index is -0.0610. The normalized spacial score (nSPS) is 23.0. The van der Waals surface area contributed by atoms with Crippen molar-refractivity contribution in [2.45, 2.75) is 31.5 Å². The van der Waals surface area contributed by atoms with Gasteiger partial charge in [0.1, 0.15) is 6.04 Å². The number of hydrogen-bond acceptors (Lipinski definition) is 4. The maximum Gasteiger partial charge on any atom is 0.251 e. The molecule has 1 amide bonds. The Bertz CT molecular complexity index is 573. The van der Waals surface area contributed by atoms with E-state index in [1.807, 2.05) is 24.3 Å². The minimum absolute atomic E-state index is 0.0198. The van der Waals surface area contributed by atoms with Crippen LogP contribution in [-0.2, 0) is 6.54 Å². The molecule has 0 radical (unpaired) electrons. The van der Waals surface area contributed by atoms with Crippen LogP contribution in [0.3, 0.4) is 0 Å². The van der Waals surface area contributed by atoms with E-state index in [0.717, 1.165) is 26.2 Å². The van der Waals surface area contributed by atoms with Gasteiger partial charge in [-0.05, 0) is 30.5 Å². The first kappa shape index (κ1) is 15.0. The maximum atomic E-state index is 11.5. The quantitative estimate of drug-likeness (QED) is 0.908. The van der Waals surface area contributed by atoms with Gasteiger partial charge in [0, 0.05) is 44.8 Å². The summed E-state index contributed by atoms with van der Waals surface area (Å²) in [6, 6.07) is 10.8. The van der Waals surface area contributed by atoms with E-state index in [9.17, 15) is 10.1 Å². The summed E-state index contributed by atoms with van der Waals surface area (Å²) >= 11 is 0. The van der Waals surface area contributed by atoms with Gasteiger partial charge in [-0.2, -0.15) is 5.26 Å². The summed E-state index contributed by atoms with van der Waals surface area (Å²) in [6.07, 6.45) is 2.50. The van der Waals surface area contributed by atoms with Gasteiger partial charge in [-0.3, -0.25) is 14.6 Å². The van der Waals surface area contributed by atoms with Crippen molar-refractivity contribution in [3.63, 3.8) is 0 Å². The first-order valence-electron chi connectivity index (χ1n) is 7.90. The fraction of sp³-hybridized carbons (Fsp3) is 0.529. The number of carbonyl (C=O) groups excluding carboxylic acids is 1. The molecule has 3 rings (SSSR count). The molecule has 2 aliphatic rings. The molecule has 116 valence electrons. The second-order valence-corrected chi connectivity index (χ2v) is 6.13. The van der Waals surface area contributed by atoms with Crippen LogP contribution in [0.15, 0.2) is 24.3 Å². The molecule has 0 aromatic heterocycles. The molecule has 1 saturated heterocycles. The number of amides is 1. The highest BCUT2D eigenvalue weighted by atomic mass is 16.1. The van der Waals surface area contributed by atoms with Crippen LogP contribution in [0, 0.1) is 11.3 Å². The van der Waals surface area contributed by atoms with Gasteiger partial charge in [0.05, 0.1) is 6.07 Å². The SMILES string of the molecule is CNC(=O)c1ccc(CN2CCN(C3CC3)C(C#N)C2)cc1. The van der Waals surface area contributed by atoms with Gasteiger partial charge in [-0.1, -0.05) is 12.1 Å². The molecular formula is C17H22N4O. The molecule has 1 aliphatic heterocycles. The summed E-state index contributed by atoms with van der Waals surface area (Å²) in [5.41, 5.74) is 1.86. The van der Waals surface area contributed by atoms with Gasteiger partial charge >= 0.3 is 0 Å². The van der Waals surface area contributed by atoms with Crippen LogP contribution in [0.1, 0.15) is 28.8 Å². The fourth-order valence-corrected chi connectivity index (χ4v) is 3.12. The second kappa shape index (κ2) is 6.47. The molecule has 1 atom stereocenters. The molecule has 5 heteroatoms. The van der Waals surface area contributed by atoms with Crippen molar-refractivity contribution in [2.75, 3.05) is 26.7 Å². The van der Waals surface area contributed by atoms with Crippen LogP contribution in [0.5, 0.6) is 0 Å². The van der Waals surface area contributed by atoms with E-state index in [1.54, 1.807) is 7.05 Å². The Hall–Kier alpha value is -1.90. The molecule has 1 saturated carbocycles. The van der Waals surface area contributed by atoms with Gasteiger partial charge < -0.3 is 5.32 Å². The molecule has 1 heterocycles. The van der Waals surface area contributed by atoms with Gasteiger partial charge in [-0.25, -0.2) is 0 Å². The monoisotopic (exact) mass is 298 g/mol. The van der Waals surface area contributed by atoms with Gasteiger partial charge in [-0.15, -0.1) is 0 Å². The van der Waals surface area contributed by atoms with Crippen LogP contribution in [0.2, 0.25) is 0 Å². The third-order valence-corrected chi connectivity index (χ3v) is 4.52. The molecule has 22 heavy (non-hydrogen) atoms. The maximum absolute atomic E-state index is 11.5. The number of benzene rings is 1. The van der Waals surface area contributed by atoms with Crippen LogP contribution in [0.25, 0.3) is 0 Å². The molecule has 5 nitrogen and oxygen atoms in total. The number of piperazine rings is 1. The number of nitrogens with zero attached hydrogens (tertiary/aromatic N) is 3. The molecule has 0 spiro atoms. The van der Waals surface area contributed by atoms with Crippen molar-refractivity contribution in [3.05, 3.63) is 35.4 Å². The summed E-state index contributed by atoms with van der Waals surface area (Å²) < 4.78 is 0. The van der Waals surface area contributed by atoms with Crippen molar-refractivity contribution in [1.82, 2.24) is 15.1 Å². The van der Waals surface area contributed by atoms with Gasteiger partial charge in [0.25, 0.3) is 5.91 Å². The number of hydrogen-bond donors (Lipinski definition) is 1. The van der Waals surface area contributed by atoms with E-state index >= 15 is 0 Å². The average Bonchev–Trinajstić information content (AvgIpc) is 3.39. The lowest BCUT2D eigenvalue weighted by atomic mass is 10.1. The summed E-state index contributed by atoms with van der Waals surface area (Å²) in [5.74, 6) is -0.0610. The third-order valence-electron chi connectivity index (χ3n) is 4.52. The molecule has 1 aliphatic carbocycles. The number of nitrogens with one attached hydrogen (secondary N) is 1. The van der Waals surface area contributed by atoms with Crippen LogP contribution < -0.4 is 5.32 Å². The van der Waals surface area contributed by atoms with Crippen molar-refractivity contribution in [3.8, 4) is 6.07 Å². The molecule has 1 N–H and O–H groups in total. The fourth-order valence-electron chi connectivity index (χ4n) is 3.12. The lowest BCUT2D eigenvalue weighted by Gasteiger charge is -2.38. The van der Waals surface area contributed by atoms with E-state index in [4.69, 9.17) is 0 Å². The topological polar surface area (TPSA) is 59.4 Å². The smallest absolute Gasteiger partial charge is 0.251 e. The predicted octanol–water partition coefficient (Wildman–Crippen LogP) is 1.22. The van der Waals surface area contributed by atoms with Crippen LogP contribution in [0.4, 0.5) is 0 Å². The van der Waals surface area contributed by atoms with E-state index < -0.39 is 0 Å². The standard InChI is InChI=1S/C17H22N4O/c1-19-17(22)14-4-2-13(3-5-14)11-20-8-9-21(15-6-7-15)16(10-18)12-20/h2-5,15-16H,6-9,11-12H2,1H3,(H,19,22). The largest absolute Gasteiger partial charge is 0.355 e. The van der Waals surface area contributed by atoms with Crippen molar-refractivity contribution in [1.29, 1.82) is 5.26 Å². The summed E-state index contributed by atoms with van der Waals surface area (Å²) in [6.45, 7) is 3.64. The Morgan fingerprint density at radius 1 is 1.32 bits per heavy atom. The highest BCUT2D eigenvalue weighted by molar-refractivity contribution is 5.93. The Kier molecular flexibility index (Phi) is 4.41. The van der Waals surface area contributed by atoms with E-state index in [0.29, 0.717) is 11.6 Å².